The second kappa shape index (κ2) is 11.2. The third kappa shape index (κ3) is 5.97. The minimum atomic E-state index is -1.11. The topological polar surface area (TPSA) is 114 Å². The summed E-state index contributed by atoms with van der Waals surface area (Å²) in [6.07, 6.45) is 0.0464. The predicted octanol–water partition coefficient (Wildman–Crippen LogP) is 4.41. The molecular formula is C27H26N2O6. The Bertz CT molecular complexity index is 1180. The van der Waals surface area contributed by atoms with Crippen LogP contribution in [-0.4, -0.2) is 42.8 Å². The Morgan fingerprint density at radius 1 is 0.857 bits per heavy atom. The number of hydrogen-bond donors (Lipinski definition) is 3. The van der Waals surface area contributed by atoms with Crippen LogP contribution in [0.2, 0.25) is 0 Å². The fraction of sp³-hybridized carbons (Fsp3) is 0.222. The van der Waals surface area contributed by atoms with Gasteiger partial charge in [0.15, 0.2) is 6.61 Å². The first kappa shape index (κ1) is 23.8. The maximum Gasteiger partial charge on any atom is 0.407 e. The fourth-order valence-corrected chi connectivity index (χ4v) is 4.14. The van der Waals surface area contributed by atoms with Gasteiger partial charge in [0, 0.05) is 18.9 Å². The van der Waals surface area contributed by atoms with Crippen LogP contribution in [-0.2, 0) is 14.3 Å². The molecule has 1 aliphatic carbocycles. The molecule has 0 saturated heterocycles. The van der Waals surface area contributed by atoms with Crippen molar-refractivity contribution < 1.29 is 29.0 Å². The Morgan fingerprint density at radius 2 is 1.49 bits per heavy atom. The highest BCUT2D eigenvalue weighted by Gasteiger charge is 2.28. The molecule has 8 nitrogen and oxygen atoms in total. The number of alkyl carbamates (subject to hydrolysis) is 1. The highest BCUT2D eigenvalue weighted by atomic mass is 16.5. The van der Waals surface area contributed by atoms with Crippen LogP contribution in [0.25, 0.3) is 11.1 Å². The van der Waals surface area contributed by atoms with Crippen molar-refractivity contribution in [1.29, 1.82) is 0 Å². The number of ether oxygens (including phenoxy) is 2. The highest BCUT2D eigenvalue weighted by molar-refractivity contribution is 5.92. The molecule has 0 heterocycles. The van der Waals surface area contributed by atoms with E-state index >= 15 is 0 Å². The molecule has 180 valence electrons. The summed E-state index contributed by atoms with van der Waals surface area (Å²) in [6, 6.07) is 22.9. The number of carboxylic acid groups (broad SMARTS) is 1. The molecule has 2 amide bonds. The molecule has 0 saturated carbocycles. The molecule has 0 radical (unpaired) electrons. The molecule has 1 aliphatic rings. The van der Waals surface area contributed by atoms with Gasteiger partial charge < -0.3 is 25.2 Å². The lowest BCUT2D eigenvalue weighted by atomic mass is 9.98. The number of carboxylic acids is 1. The molecule has 0 fully saturated rings. The Kier molecular flexibility index (Phi) is 7.62. The number of nitrogens with one attached hydrogen (secondary N) is 2. The van der Waals surface area contributed by atoms with E-state index in [9.17, 15) is 14.4 Å². The Balaban J connectivity index is 1.20. The Labute approximate surface area is 202 Å². The van der Waals surface area contributed by atoms with E-state index in [2.05, 4.69) is 34.9 Å². The number of rotatable bonds is 10. The van der Waals surface area contributed by atoms with Crippen molar-refractivity contribution in [3.63, 3.8) is 0 Å². The van der Waals surface area contributed by atoms with Crippen LogP contribution in [0.3, 0.4) is 0 Å². The second-order valence-electron chi connectivity index (χ2n) is 8.08. The number of anilines is 1. The summed E-state index contributed by atoms with van der Waals surface area (Å²) in [6.45, 7) is 0.00563. The molecular weight excluding hydrogens is 448 g/mol. The van der Waals surface area contributed by atoms with Gasteiger partial charge in [-0.15, -0.1) is 0 Å². The van der Waals surface area contributed by atoms with E-state index in [0.717, 1.165) is 22.3 Å². The Hall–Kier alpha value is -4.33. The van der Waals surface area contributed by atoms with E-state index in [-0.39, 0.29) is 37.1 Å². The summed E-state index contributed by atoms with van der Waals surface area (Å²) in [5, 5.41) is 14.2. The predicted molar refractivity (Wildman–Crippen MR) is 131 cm³/mol. The van der Waals surface area contributed by atoms with Crippen LogP contribution in [0.5, 0.6) is 5.75 Å². The number of fused-ring (bicyclic) bond motifs is 3. The van der Waals surface area contributed by atoms with Crippen LogP contribution in [0.1, 0.15) is 29.9 Å². The molecule has 4 rings (SSSR count). The van der Waals surface area contributed by atoms with E-state index in [0.29, 0.717) is 12.1 Å². The van der Waals surface area contributed by atoms with Crippen molar-refractivity contribution in [2.24, 2.45) is 0 Å². The number of carbonyl (C=O) groups is 3. The van der Waals surface area contributed by atoms with Gasteiger partial charge in [0.25, 0.3) is 0 Å². The summed E-state index contributed by atoms with van der Waals surface area (Å²) >= 11 is 0. The minimum Gasteiger partial charge on any atom is -0.480 e. The molecule has 0 spiro atoms. The summed E-state index contributed by atoms with van der Waals surface area (Å²) in [5.74, 6) is -1.11. The third-order valence-electron chi connectivity index (χ3n) is 5.71. The van der Waals surface area contributed by atoms with Gasteiger partial charge >= 0.3 is 12.1 Å². The van der Waals surface area contributed by atoms with Gasteiger partial charge in [0.1, 0.15) is 12.4 Å². The Morgan fingerprint density at radius 3 is 2.17 bits per heavy atom. The number of aliphatic carboxylic acids is 1. The van der Waals surface area contributed by atoms with Crippen LogP contribution in [0.4, 0.5) is 10.5 Å². The van der Waals surface area contributed by atoms with Gasteiger partial charge in [-0.25, -0.2) is 9.59 Å². The number of amides is 2. The van der Waals surface area contributed by atoms with E-state index in [1.54, 1.807) is 24.3 Å². The number of para-hydroxylation sites is 2. The fourth-order valence-electron chi connectivity index (χ4n) is 4.14. The summed E-state index contributed by atoms with van der Waals surface area (Å²) in [5.41, 5.74) is 5.01. The number of benzene rings is 3. The van der Waals surface area contributed by atoms with Crippen molar-refractivity contribution in [1.82, 2.24) is 5.32 Å². The smallest absolute Gasteiger partial charge is 0.407 e. The zero-order chi connectivity index (χ0) is 24.6. The molecule has 0 bridgehead atoms. The quantitative estimate of drug-likeness (QED) is 0.375. The van der Waals surface area contributed by atoms with Gasteiger partial charge in [-0.2, -0.15) is 0 Å². The van der Waals surface area contributed by atoms with E-state index in [1.807, 2.05) is 24.3 Å². The molecule has 0 aromatic heterocycles. The monoisotopic (exact) mass is 474 g/mol. The van der Waals surface area contributed by atoms with Gasteiger partial charge in [0.05, 0.1) is 5.69 Å². The lowest BCUT2D eigenvalue weighted by Gasteiger charge is -2.14. The van der Waals surface area contributed by atoms with Gasteiger partial charge in [-0.3, -0.25) is 4.79 Å². The number of hydrogen-bond acceptors (Lipinski definition) is 5. The van der Waals surface area contributed by atoms with Crippen molar-refractivity contribution in [2.75, 3.05) is 25.1 Å². The highest BCUT2D eigenvalue weighted by Crippen LogP contribution is 2.44. The van der Waals surface area contributed by atoms with Crippen LogP contribution < -0.4 is 15.4 Å². The van der Waals surface area contributed by atoms with Crippen molar-refractivity contribution in [3.05, 3.63) is 83.9 Å². The first-order valence-electron chi connectivity index (χ1n) is 11.3. The minimum absolute atomic E-state index is 0.0117. The largest absolute Gasteiger partial charge is 0.480 e. The average Bonchev–Trinajstić information content (AvgIpc) is 3.18. The first-order chi connectivity index (χ1) is 17.0. The molecule has 0 aliphatic heterocycles. The lowest BCUT2D eigenvalue weighted by molar-refractivity contribution is -0.139. The summed E-state index contributed by atoms with van der Waals surface area (Å²) in [4.78, 5) is 35.2. The normalized spacial score (nSPS) is 11.8. The van der Waals surface area contributed by atoms with Crippen molar-refractivity contribution in [2.45, 2.75) is 18.8 Å². The molecule has 0 unspecified atom stereocenters. The van der Waals surface area contributed by atoms with Crippen LogP contribution in [0.15, 0.2) is 72.8 Å². The lowest BCUT2D eigenvalue weighted by Crippen LogP contribution is -2.27. The van der Waals surface area contributed by atoms with Gasteiger partial charge in [0.2, 0.25) is 5.91 Å². The number of carbonyl (C=O) groups excluding carboxylic acids is 2. The average molecular weight is 475 g/mol. The van der Waals surface area contributed by atoms with E-state index < -0.39 is 18.7 Å². The van der Waals surface area contributed by atoms with Crippen LogP contribution >= 0.6 is 0 Å². The van der Waals surface area contributed by atoms with E-state index in [4.69, 9.17) is 14.6 Å². The van der Waals surface area contributed by atoms with Crippen LogP contribution in [0, 0.1) is 0 Å². The molecule has 8 heteroatoms. The molecule has 3 aromatic rings. The zero-order valence-corrected chi connectivity index (χ0v) is 19.0. The van der Waals surface area contributed by atoms with Crippen molar-refractivity contribution in [3.8, 4) is 16.9 Å². The summed E-state index contributed by atoms with van der Waals surface area (Å²) < 4.78 is 10.7. The SMILES string of the molecule is O=C(O)COc1ccccc1NC(=O)CCCNC(=O)OCC1c2ccccc2-c2ccccc21. The molecule has 3 aromatic carbocycles. The van der Waals surface area contributed by atoms with Gasteiger partial charge in [-0.1, -0.05) is 60.7 Å². The zero-order valence-electron chi connectivity index (χ0n) is 19.0. The standard InChI is InChI=1S/C27H26N2O6/c30-25(29-23-12-5-6-13-24(23)34-17-26(31)32)14-7-15-28-27(33)35-16-22-20-10-3-1-8-18(20)19-9-2-4-11-21(19)22/h1-6,8-13,22H,7,14-17H2,(H,28,33)(H,29,30)(H,31,32). The molecule has 0 atom stereocenters. The maximum absolute atomic E-state index is 12.3. The summed E-state index contributed by atoms with van der Waals surface area (Å²) in [7, 11) is 0. The third-order valence-corrected chi connectivity index (χ3v) is 5.71. The van der Waals surface area contributed by atoms with E-state index in [1.165, 1.54) is 0 Å². The molecule has 3 N–H and O–H groups in total. The van der Waals surface area contributed by atoms with Gasteiger partial charge in [-0.05, 0) is 40.8 Å². The molecule has 35 heavy (non-hydrogen) atoms. The maximum atomic E-state index is 12.3. The first-order valence-corrected chi connectivity index (χ1v) is 11.3. The van der Waals surface area contributed by atoms with Crippen molar-refractivity contribution >= 4 is 23.7 Å². The second-order valence-corrected chi connectivity index (χ2v) is 8.08.